The van der Waals surface area contributed by atoms with Gasteiger partial charge in [-0.2, -0.15) is 0 Å². The molecule has 0 N–H and O–H groups in total. The van der Waals surface area contributed by atoms with Crippen LogP contribution in [0.25, 0.3) is 0 Å². The average molecular weight is 292 g/mol. The van der Waals surface area contributed by atoms with Gasteiger partial charge in [0.1, 0.15) is 0 Å². The van der Waals surface area contributed by atoms with Crippen molar-refractivity contribution in [2.75, 3.05) is 0 Å². The highest BCUT2D eigenvalue weighted by atomic mass is 14.4. The Hall–Kier alpha value is -1.56. The Morgan fingerprint density at radius 2 is 1.27 bits per heavy atom. The molecule has 0 bridgehead atoms. The van der Waals surface area contributed by atoms with Crippen molar-refractivity contribution in [3.63, 3.8) is 0 Å². The van der Waals surface area contributed by atoms with E-state index in [1.807, 2.05) is 0 Å². The van der Waals surface area contributed by atoms with Gasteiger partial charge in [0.2, 0.25) is 0 Å². The fourth-order valence-corrected chi connectivity index (χ4v) is 4.48. The van der Waals surface area contributed by atoms with E-state index in [1.165, 1.54) is 43.2 Å². The summed E-state index contributed by atoms with van der Waals surface area (Å²) in [4.78, 5) is 0. The third-order valence-electron chi connectivity index (χ3n) is 5.86. The maximum Gasteiger partial charge on any atom is 0.0208 e. The Morgan fingerprint density at radius 3 is 1.68 bits per heavy atom. The Kier molecular flexibility index (Phi) is 4.38. The maximum absolute atomic E-state index is 2.37. The molecule has 0 spiro atoms. The minimum atomic E-state index is 0.225. The maximum atomic E-state index is 2.37. The molecule has 0 saturated heterocycles. The van der Waals surface area contributed by atoms with Crippen LogP contribution in [0.3, 0.4) is 0 Å². The molecular weight excluding hydrogens is 264 g/mol. The van der Waals surface area contributed by atoms with Gasteiger partial charge in [0.25, 0.3) is 0 Å². The van der Waals surface area contributed by atoms with Crippen molar-refractivity contribution in [3.05, 3.63) is 70.8 Å². The summed E-state index contributed by atoms with van der Waals surface area (Å²) in [5.41, 5.74) is 6.22. The molecule has 1 saturated carbocycles. The molecule has 0 nitrogen and oxygen atoms in total. The Balaban J connectivity index is 2.12. The molecule has 0 heterocycles. The molecule has 0 atom stereocenters. The lowest BCUT2D eigenvalue weighted by atomic mass is 9.61. The number of benzene rings is 2. The third kappa shape index (κ3) is 2.60. The van der Waals surface area contributed by atoms with E-state index in [9.17, 15) is 0 Å². The summed E-state index contributed by atoms with van der Waals surface area (Å²) in [5.74, 6) is 0.918. The molecule has 0 aromatic heterocycles. The first-order valence-electron chi connectivity index (χ1n) is 8.79. The lowest BCUT2D eigenvalue weighted by molar-refractivity contribution is 0.259. The second-order valence-corrected chi connectivity index (χ2v) is 7.06. The largest absolute Gasteiger partial charge is 0.0651 e. The van der Waals surface area contributed by atoms with E-state index in [2.05, 4.69) is 69.3 Å². The zero-order chi connectivity index (χ0) is 15.6. The first-order chi connectivity index (χ1) is 10.7. The van der Waals surface area contributed by atoms with Gasteiger partial charge in [0.15, 0.2) is 0 Å². The minimum Gasteiger partial charge on any atom is -0.0651 e. The van der Waals surface area contributed by atoms with E-state index in [4.69, 9.17) is 0 Å². The van der Waals surface area contributed by atoms with Crippen molar-refractivity contribution < 1.29 is 0 Å². The summed E-state index contributed by atoms with van der Waals surface area (Å²) in [6, 6.07) is 18.1. The number of aryl methyl sites for hydroxylation is 2. The molecule has 3 rings (SSSR count). The summed E-state index contributed by atoms with van der Waals surface area (Å²) >= 11 is 0. The number of hydrogen-bond acceptors (Lipinski definition) is 0. The van der Waals surface area contributed by atoms with E-state index in [-0.39, 0.29) is 5.41 Å². The summed E-state index contributed by atoms with van der Waals surface area (Å²) in [6.45, 7) is 6.90. The second-order valence-electron chi connectivity index (χ2n) is 7.06. The highest BCUT2D eigenvalue weighted by Crippen LogP contribution is 2.48. The Labute approximate surface area is 135 Å². The summed E-state index contributed by atoms with van der Waals surface area (Å²) < 4.78 is 0. The molecule has 2 aromatic rings. The van der Waals surface area contributed by atoms with Gasteiger partial charge in [0, 0.05) is 5.41 Å². The first kappa shape index (κ1) is 15.3. The molecule has 1 aliphatic rings. The monoisotopic (exact) mass is 292 g/mol. The molecular formula is C22H28. The molecule has 2 aromatic carbocycles. The van der Waals surface area contributed by atoms with E-state index < -0.39 is 0 Å². The van der Waals surface area contributed by atoms with Crippen LogP contribution in [0.2, 0.25) is 0 Å². The van der Waals surface area contributed by atoms with Gasteiger partial charge in [0.05, 0.1) is 0 Å². The molecule has 0 aliphatic heterocycles. The lowest BCUT2D eigenvalue weighted by Gasteiger charge is -2.43. The Bertz CT molecular complexity index is 582. The molecule has 0 heteroatoms. The van der Waals surface area contributed by atoms with Gasteiger partial charge in [-0.1, -0.05) is 61.9 Å². The normalized spacial score (nSPS) is 18.3. The van der Waals surface area contributed by atoms with E-state index in [0.29, 0.717) is 0 Å². The predicted molar refractivity (Wildman–Crippen MR) is 95.4 cm³/mol. The van der Waals surface area contributed by atoms with Crippen LogP contribution >= 0.6 is 0 Å². The summed E-state index contributed by atoms with van der Waals surface area (Å²) in [6.07, 6.45) is 6.64. The van der Waals surface area contributed by atoms with Gasteiger partial charge >= 0.3 is 0 Å². The van der Waals surface area contributed by atoms with Gasteiger partial charge in [-0.05, 0) is 67.7 Å². The predicted octanol–water partition coefficient (Wildman–Crippen LogP) is 6.19. The fourth-order valence-electron chi connectivity index (χ4n) is 4.48. The minimum absolute atomic E-state index is 0.225. The van der Waals surface area contributed by atoms with Crippen LogP contribution in [0.4, 0.5) is 0 Å². The molecule has 0 radical (unpaired) electrons. The molecule has 0 amide bonds. The van der Waals surface area contributed by atoms with Crippen molar-refractivity contribution in [1.82, 2.24) is 0 Å². The second kappa shape index (κ2) is 6.28. The quantitative estimate of drug-likeness (QED) is 0.632. The zero-order valence-electron chi connectivity index (χ0n) is 14.2. The van der Waals surface area contributed by atoms with Crippen molar-refractivity contribution >= 4 is 0 Å². The van der Waals surface area contributed by atoms with Crippen LogP contribution < -0.4 is 0 Å². The van der Waals surface area contributed by atoms with Crippen LogP contribution in [0, 0.1) is 19.8 Å². The van der Waals surface area contributed by atoms with Crippen LogP contribution in [0.15, 0.2) is 48.5 Å². The van der Waals surface area contributed by atoms with E-state index in [0.717, 1.165) is 5.92 Å². The van der Waals surface area contributed by atoms with Gasteiger partial charge in [-0.3, -0.25) is 0 Å². The topological polar surface area (TPSA) is 0 Å². The van der Waals surface area contributed by atoms with Crippen LogP contribution in [-0.2, 0) is 5.41 Å². The molecule has 1 aliphatic carbocycles. The van der Waals surface area contributed by atoms with Crippen LogP contribution in [0.1, 0.15) is 61.3 Å². The fraction of sp³-hybridized carbons (Fsp3) is 0.455. The van der Waals surface area contributed by atoms with Gasteiger partial charge in [-0.25, -0.2) is 0 Å². The summed E-state index contributed by atoms with van der Waals surface area (Å²) in [5, 5.41) is 0. The van der Waals surface area contributed by atoms with Crippen LogP contribution in [-0.4, -0.2) is 0 Å². The highest BCUT2D eigenvalue weighted by Gasteiger charge is 2.39. The first-order valence-corrected chi connectivity index (χ1v) is 8.79. The standard InChI is InChI=1S/C22H28/c1-4-19-13-15-22(16-14-19,20-11-7-5-9-17(20)2)21-12-8-6-10-18(21)3/h5-12,19H,4,13-16H2,1-3H3. The molecule has 1 fully saturated rings. The van der Waals surface area contributed by atoms with Gasteiger partial charge < -0.3 is 0 Å². The van der Waals surface area contributed by atoms with Crippen molar-refractivity contribution in [1.29, 1.82) is 0 Å². The zero-order valence-corrected chi connectivity index (χ0v) is 14.2. The van der Waals surface area contributed by atoms with Crippen molar-refractivity contribution in [2.45, 2.75) is 58.3 Å². The van der Waals surface area contributed by atoms with Crippen LogP contribution in [0.5, 0.6) is 0 Å². The molecule has 0 unspecified atom stereocenters. The lowest BCUT2D eigenvalue weighted by Crippen LogP contribution is -2.34. The summed E-state index contributed by atoms with van der Waals surface area (Å²) in [7, 11) is 0. The number of hydrogen-bond donors (Lipinski definition) is 0. The number of rotatable bonds is 3. The SMILES string of the molecule is CCC1CCC(c2ccccc2C)(c2ccccc2C)CC1. The average Bonchev–Trinajstić information content (AvgIpc) is 2.56. The van der Waals surface area contributed by atoms with Gasteiger partial charge in [-0.15, -0.1) is 0 Å². The molecule has 22 heavy (non-hydrogen) atoms. The third-order valence-corrected chi connectivity index (χ3v) is 5.86. The van der Waals surface area contributed by atoms with E-state index in [1.54, 1.807) is 11.1 Å². The van der Waals surface area contributed by atoms with Crippen molar-refractivity contribution in [3.8, 4) is 0 Å². The van der Waals surface area contributed by atoms with E-state index >= 15 is 0 Å². The Morgan fingerprint density at radius 1 is 0.818 bits per heavy atom. The van der Waals surface area contributed by atoms with Crippen molar-refractivity contribution in [2.24, 2.45) is 5.92 Å². The highest BCUT2D eigenvalue weighted by molar-refractivity contribution is 5.46. The smallest absolute Gasteiger partial charge is 0.0208 e. The molecule has 116 valence electrons.